The highest BCUT2D eigenvalue weighted by Crippen LogP contribution is 2.15. The zero-order chi connectivity index (χ0) is 17.5. The highest BCUT2D eigenvalue weighted by Gasteiger charge is 2.05. The number of hydrogen-bond donors (Lipinski definition) is 2. The van der Waals surface area contributed by atoms with Gasteiger partial charge >= 0.3 is 5.69 Å². The van der Waals surface area contributed by atoms with E-state index in [9.17, 15) is 4.79 Å². The maximum Gasteiger partial charge on any atom is 0.343 e. The Bertz CT molecular complexity index is 838. The zero-order valence-corrected chi connectivity index (χ0v) is 14.2. The van der Waals surface area contributed by atoms with Crippen LogP contribution >= 0.6 is 0 Å². The number of aromatic amines is 1. The lowest BCUT2D eigenvalue weighted by molar-refractivity contribution is 0.415. The molecule has 0 aliphatic heterocycles. The summed E-state index contributed by atoms with van der Waals surface area (Å²) in [4.78, 5) is 14.8. The summed E-state index contributed by atoms with van der Waals surface area (Å²) in [7, 11) is 1.64. The average molecular weight is 338 g/mol. The highest BCUT2D eigenvalue weighted by molar-refractivity contribution is 5.46. The third-order valence-electron chi connectivity index (χ3n) is 3.96. The highest BCUT2D eigenvalue weighted by atomic mass is 16.5. The predicted octanol–water partition coefficient (Wildman–Crippen LogP) is 2.82. The first kappa shape index (κ1) is 16.8. The molecule has 0 unspecified atom stereocenters. The van der Waals surface area contributed by atoms with Gasteiger partial charge in [-0.05, 0) is 42.7 Å². The number of rotatable bonds is 8. The predicted molar refractivity (Wildman–Crippen MR) is 97.9 cm³/mol. The summed E-state index contributed by atoms with van der Waals surface area (Å²) in [5.41, 5.74) is 2.05. The van der Waals surface area contributed by atoms with Gasteiger partial charge in [-0.3, -0.25) is 4.98 Å². The number of nitrogens with zero attached hydrogens (tertiary/aromatic N) is 2. The molecule has 3 aromatic rings. The van der Waals surface area contributed by atoms with Crippen LogP contribution in [-0.2, 0) is 19.5 Å². The van der Waals surface area contributed by atoms with E-state index in [1.807, 2.05) is 42.5 Å². The number of benzene rings is 2. The topological polar surface area (TPSA) is 71.9 Å². The molecule has 2 N–H and O–H groups in total. The van der Waals surface area contributed by atoms with Crippen molar-refractivity contribution >= 4 is 5.69 Å². The number of aryl methyl sites for hydroxylation is 2. The Kier molecular flexibility index (Phi) is 5.51. The molecule has 0 saturated heterocycles. The van der Waals surface area contributed by atoms with Gasteiger partial charge in [0.1, 0.15) is 11.6 Å². The summed E-state index contributed by atoms with van der Waals surface area (Å²) < 4.78 is 6.62. The van der Waals surface area contributed by atoms with Crippen molar-refractivity contribution in [1.82, 2.24) is 14.8 Å². The molecule has 0 saturated carbocycles. The number of hydrogen-bond acceptors (Lipinski definition) is 4. The second-order valence-corrected chi connectivity index (χ2v) is 5.77. The van der Waals surface area contributed by atoms with Crippen LogP contribution in [0.5, 0.6) is 5.75 Å². The minimum atomic E-state index is -0.167. The van der Waals surface area contributed by atoms with Gasteiger partial charge in [-0.2, -0.15) is 5.10 Å². The molecule has 25 heavy (non-hydrogen) atoms. The average Bonchev–Trinajstić information content (AvgIpc) is 3.01. The standard InChI is InChI=1S/C19H22N4O2/c1-25-17-11-9-16(10-12-17)20-14-18-21-19(24)23(22-18)13-5-8-15-6-3-2-4-7-15/h2-4,6-7,9-12,20H,5,8,13-14H2,1H3,(H,21,22,24). The summed E-state index contributed by atoms with van der Waals surface area (Å²) in [6, 6.07) is 17.9. The van der Waals surface area contributed by atoms with E-state index in [4.69, 9.17) is 4.74 Å². The fraction of sp³-hybridized carbons (Fsp3) is 0.263. The van der Waals surface area contributed by atoms with Crippen molar-refractivity contribution in [3.8, 4) is 5.75 Å². The first-order valence-corrected chi connectivity index (χ1v) is 8.32. The van der Waals surface area contributed by atoms with Gasteiger partial charge in [0.15, 0.2) is 0 Å². The normalized spacial score (nSPS) is 10.6. The van der Waals surface area contributed by atoms with Gasteiger partial charge < -0.3 is 10.1 Å². The quantitative estimate of drug-likeness (QED) is 0.662. The van der Waals surface area contributed by atoms with E-state index in [-0.39, 0.29) is 5.69 Å². The second-order valence-electron chi connectivity index (χ2n) is 5.77. The van der Waals surface area contributed by atoms with Crippen molar-refractivity contribution in [2.45, 2.75) is 25.9 Å². The van der Waals surface area contributed by atoms with E-state index in [1.165, 1.54) is 10.2 Å². The molecule has 2 aromatic carbocycles. The van der Waals surface area contributed by atoms with Crippen LogP contribution in [0.3, 0.4) is 0 Å². The molecule has 1 aromatic heterocycles. The first-order chi connectivity index (χ1) is 12.2. The number of anilines is 1. The van der Waals surface area contributed by atoms with Crippen LogP contribution in [0, 0.1) is 0 Å². The van der Waals surface area contributed by atoms with Gasteiger partial charge in [-0.25, -0.2) is 9.48 Å². The van der Waals surface area contributed by atoms with Crippen LogP contribution in [0.15, 0.2) is 59.4 Å². The van der Waals surface area contributed by atoms with Crippen molar-refractivity contribution in [2.75, 3.05) is 12.4 Å². The monoisotopic (exact) mass is 338 g/mol. The molecular weight excluding hydrogens is 316 g/mol. The van der Waals surface area contributed by atoms with Crippen LogP contribution in [0.1, 0.15) is 17.8 Å². The molecule has 0 atom stereocenters. The molecule has 0 bridgehead atoms. The molecule has 0 fully saturated rings. The second kappa shape index (κ2) is 8.19. The van der Waals surface area contributed by atoms with Crippen LogP contribution in [0.25, 0.3) is 0 Å². The van der Waals surface area contributed by atoms with Crippen molar-refractivity contribution in [1.29, 1.82) is 0 Å². The van der Waals surface area contributed by atoms with E-state index >= 15 is 0 Å². The van der Waals surface area contributed by atoms with Crippen LogP contribution in [-0.4, -0.2) is 21.9 Å². The molecule has 0 aliphatic rings. The van der Waals surface area contributed by atoms with E-state index in [2.05, 4.69) is 27.5 Å². The molecule has 6 nitrogen and oxygen atoms in total. The van der Waals surface area contributed by atoms with Gasteiger partial charge in [0.25, 0.3) is 0 Å². The Morgan fingerprint density at radius 3 is 2.60 bits per heavy atom. The Morgan fingerprint density at radius 2 is 1.88 bits per heavy atom. The van der Waals surface area contributed by atoms with Gasteiger partial charge in [-0.15, -0.1) is 0 Å². The lowest BCUT2D eigenvalue weighted by Gasteiger charge is -2.05. The third-order valence-corrected chi connectivity index (χ3v) is 3.96. The summed E-state index contributed by atoms with van der Waals surface area (Å²) in [5, 5.41) is 7.58. The number of aromatic nitrogens is 3. The zero-order valence-electron chi connectivity index (χ0n) is 14.2. The third kappa shape index (κ3) is 4.73. The van der Waals surface area contributed by atoms with E-state index in [0.717, 1.165) is 24.3 Å². The van der Waals surface area contributed by atoms with Gasteiger partial charge in [0, 0.05) is 12.2 Å². The molecule has 6 heteroatoms. The number of H-pyrrole nitrogens is 1. The van der Waals surface area contributed by atoms with Gasteiger partial charge in [-0.1, -0.05) is 30.3 Å². The maximum atomic E-state index is 12.0. The summed E-state index contributed by atoms with van der Waals surface area (Å²) >= 11 is 0. The Morgan fingerprint density at radius 1 is 1.12 bits per heavy atom. The fourth-order valence-electron chi connectivity index (χ4n) is 2.61. The first-order valence-electron chi connectivity index (χ1n) is 8.32. The lowest BCUT2D eigenvalue weighted by atomic mass is 10.1. The van der Waals surface area contributed by atoms with E-state index in [0.29, 0.717) is 18.9 Å². The molecule has 130 valence electrons. The van der Waals surface area contributed by atoms with Crippen LogP contribution in [0.4, 0.5) is 5.69 Å². The number of nitrogens with one attached hydrogen (secondary N) is 2. The molecule has 3 rings (SSSR count). The lowest BCUT2D eigenvalue weighted by Crippen LogP contribution is -2.18. The number of ether oxygens (including phenoxy) is 1. The maximum absolute atomic E-state index is 12.0. The smallest absolute Gasteiger partial charge is 0.343 e. The van der Waals surface area contributed by atoms with Crippen molar-refractivity contribution < 1.29 is 4.74 Å². The van der Waals surface area contributed by atoms with E-state index in [1.54, 1.807) is 7.11 Å². The molecular formula is C19H22N4O2. The fourth-order valence-corrected chi connectivity index (χ4v) is 2.61. The van der Waals surface area contributed by atoms with Gasteiger partial charge in [0.05, 0.1) is 13.7 Å². The van der Waals surface area contributed by atoms with Crippen LogP contribution in [0.2, 0.25) is 0 Å². The largest absolute Gasteiger partial charge is 0.497 e. The van der Waals surface area contributed by atoms with Crippen molar-refractivity contribution in [3.63, 3.8) is 0 Å². The van der Waals surface area contributed by atoms with Gasteiger partial charge in [0.2, 0.25) is 0 Å². The van der Waals surface area contributed by atoms with Crippen LogP contribution < -0.4 is 15.7 Å². The minimum Gasteiger partial charge on any atom is -0.497 e. The number of methoxy groups -OCH3 is 1. The Hall–Kier alpha value is -3.02. The molecule has 0 radical (unpaired) electrons. The molecule has 1 heterocycles. The SMILES string of the molecule is COc1ccc(NCc2nn(CCCc3ccccc3)c(=O)[nH]2)cc1. The summed E-state index contributed by atoms with van der Waals surface area (Å²) in [6.45, 7) is 1.07. The van der Waals surface area contributed by atoms with E-state index < -0.39 is 0 Å². The summed E-state index contributed by atoms with van der Waals surface area (Å²) in [5.74, 6) is 1.43. The molecule has 0 spiro atoms. The molecule has 0 aliphatic carbocycles. The Balaban J connectivity index is 1.52. The van der Waals surface area contributed by atoms with Crippen molar-refractivity contribution in [2.24, 2.45) is 0 Å². The Labute approximate surface area is 146 Å². The molecule has 0 amide bonds. The van der Waals surface area contributed by atoms with Crippen molar-refractivity contribution in [3.05, 3.63) is 76.5 Å². The summed E-state index contributed by atoms with van der Waals surface area (Å²) in [6.07, 6.45) is 1.81. The minimum absolute atomic E-state index is 0.167.